The van der Waals surface area contributed by atoms with Crippen LogP contribution >= 0.6 is 0 Å². The van der Waals surface area contributed by atoms with E-state index in [1.807, 2.05) is 39.8 Å². The molecule has 1 aliphatic rings. The number of rotatable bonds is 6. The van der Waals surface area contributed by atoms with Gasteiger partial charge in [-0.15, -0.1) is 0 Å². The first-order valence-electron chi connectivity index (χ1n) is 10.5. The average molecular weight is 407 g/mol. The van der Waals surface area contributed by atoms with E-state index in [-0.39, 0.29) is 17.8 Å². The summed E-state index contributed by atoms with van der Waals surface area (Å²) < 4.78 is 15.8. The van der Waals surface area contributed by atoms with Gasteiger partial charge in [-0.3, -0.25) is 9.69 Å². The van der Waals surface area contributed by atoms with Crippen LogP contribution in [0.5, 0.6) is 0 Å². The maximum atomic E-state index is 13.8. The molecule has 1 atom stereocenters. The van der Waals surface area contributed by atoms with Crippen LogP contribution < -0.4 is 0 Å². The van der Waals surface area contributed by atoms with Gasteiger partial charge < -0.3 is 9.47 Å². The number of halogens is 1. The summed E-state index contributed by atoms with van der Waals surface area (Å²) in [4.78, 5) is 21.6. The Morgan fingerprint density at radius 3 is 2.47 bits per heavy atom. The van der Waals surface area contributed by atoms with Crippen LogP contribution in [0.1, 0.15) is 34.6 Å². The van der Waals surface area contributed by atoms with Crippen molar-refractivity contribution in [2.24, 2.45) is 0 Å². The van der Waals surface area contributed by atoms with Crippen molar-refractivity contribution in [2.45, 2.75) is 19.4 Å². The Hall–Kier alpha value is -2.99. The zero-order valence-corrected chi connectivity index (χ0v) is 17.2. The van der Waals surface area contributed by atoms with Crippen LogP contribution in [0, 0.1) is 5.82 Å². The molecule has 1 aliphatic heterocycles. The molecule has 1 aromatic heterocycles. The highest BCUT2D eigenvalue weighted by atomic mass is 19.1. The predicted molar refractivity (Wildman–Crippen MR) is 115 cm³/mol. The number of nitrogens with zero attached hydrogens (tertiary/aromatic N) is 4. The number of benzene rings is 2. The van der Waals surface area contributed by atoms with Crippen molar-refractivity contribution in [3.05, 3.63) is 89.8 Å². The van der Waals surface area contributed by atoms with Gasteiger partial charge in [0.1, 0.15) is 11.5 Å². The van der Waals surface area contributed by atoms with Crippen molar-refractivity contribution >= 4 is 5.91 Å². The molecule has 0 spiro atoms. The molecule has 156 valence electrons. The van der Waals surface area contributed by atoms with E-state index in [1.165, 1.54) is 6.07 Å². The smallest absolute Gasteiger partial charge is 0.272 e. The fourth-order valence-corrected chi connectivity index (χ4v) is 3.99. The molecule has 4 rings (SSSR count). The van der Waals surface area contributed by atoms with Gasteiger partial charge in [-0.1, -0.05) is 48.5 Å². The van der Waals surface area contributed by atoms with Crippen LogP contribution in [0.15, 0.2) is 67.1 Å². The monoisotopic (exact) mass is 406 g/mol. The molecule has 1 saturated heterocycles. The number of amides is 1. The highest BCUT2D eigenvalue weighted by molar-refractivity contribution is 5.92. The lowest BCUT2D eigenvalue weighted by atomic mass is 10.1. The lowest BCUT2D eigenvalue weighted by Gasteiger charge is -2.35. The second kappa shape index (κ2) is 9.22. The largest absolute Gasteiger partial charge is 0.335 e. The third kappa shape index (κ3) is 4.44. The lowest BCUT2D eigenvalue weighted by molar-refractivity contribution is 0.0626. The van der Waals surface area contributed by atoms with Gasteiger partial charge in [0.05, 0.1) is 18.6 Å². The number of hydrogen-bond donors (Lipinski definition) is 0. The minimum atomic E-state index is -0.146. The third-order valence-corrected chi connectivity index (χ3v) is 5.90. The van der Waals surface area contributed by atoms with Crippen molar-refractivity contribution < 1.29 is 9.18 Å². The number of piperazine rings is 1. The van der Waals surface area contributed by atoms with Crippen LogP contribution in [0.2, 0.25) is 0 Å². The molecule has 0 unspecified atom stereocenters. The van der Waals surface area contributed by atoms with Gasteiger partial charge in [0.15, 0.2) is 0 Å². The first kappa shape index (κ1) is 20.3. The van der Waals surface area contributed by atoms with Crippen molar-refractivity contribution in [2.75, 3.05) is 32.7 Å². The van der Waals surface area contributed by atoms with Gasteiger partial charge in [0, 0.05) is 32.7 Å². The Kier molecular flexibility index (Phi) is 6.23. The van der Waals surface area contributed by atoms with Crippen LogP contribution in [0.4, 0.5) is 4.39 Å². The number of hydrogen-bond acceptors (Lipinski definition) is 3. The molecule has 2 aromatic carbocycles. The topological polar surface area (TPSA) is 41.4 Å². The molecule has 6 heteroatoms. The molecule has 0 saturated carbocycles. The van der Waals surface area contributed by atoms with Crippen molar-refractivity contribution in [1.29, 1.82) is 0 Å². The average Bonchev–Trinajstić information content (AvgIpc) is 3.28. The molecular weight excluding hydrogens is 379 g/mol. The summed E-state index contributed by atoms with van der Waals surface area (Å²) in [6.45, 7) is 5.80. The fourth-order valence-electron chi connectivity index (χ4n) is 3.99. The van der Waals surface area contributed by atoms with Crippen LogP contribution in [0.25, 0.3) is 0 Å². The number of aromatic nitrogens is 2. The van der Waals surface area contributed by atoms with Gasteiger partial charge in [0.25, 0.3) is 5.91 Å². The zero-order valence-electron chi connectivity index (χ0n) is 17.2. The summed E-state index contributed by atoms with van der Waals surface area (Å²) in [7, 11) is 0. The van der Waals surface area contributed by atoms with Gasteiger partial charge in [-0.25, -0.2) is 9.37 Å². The minimum absolute atomic E-state index is 0.0176. The first-order chi connectivity index (χ1) is 14.6. The molecular formula is C24H27FN4O. The zero-order chi connectivity index (χ0) is 20.9. The van der Waals surface area contributed by atoms with E-state index in [9.17, 15) is 9.18 Å². The maximum absolute atomic E-state index is 13.8. The molecule has 30 heavy (non-hydrogen) atoms. The molecule has 3 aromatic rings. The Morgan fingerprint density at radius 2 is 1.73 bits per heavy atom. The van der Waals surface area contributed by atoms with Crippen molar-refractivity contribution in [3.8, 4) is 0 Å². The molecule has 0 N–H and O–H groups in total. The molecule has 2 heterocycles. The Morgan fingerprint density at radius 1 is 1.03 bits per heavy atom. The van der Waals surface area contributed by atoms with Gasteiger partial charge in [-0.2, -0.15) is 0 Å². The van der Waals surface area contributed by atoms with Crippen molar-refractivity contribution in [3.63, 3.8) is 0 Å². The molecule has 5 nitrogen and oxygen atoms in total. The minimum Gasteiger partial charge on any atom is -0.335 e. The van der Waals surface area contributed by atoms with Crippen LogP contribution in [-0.4, -0.2) is 58.0 Å². The van der Waals surface area contributed by atoms with Crippen LogP contribution in [-0.2, 0) is 6.42 Å². The predicted octanol–water partition coefficient (Wildman–Crippen LogP) is 3.63. The summed E-state index contributed by atoms with van der Waals surface area (Å²) >= 11 is 0. The van der Waals surface area contributed by atoms with E-state index < -0.39 is 0 Å². The standard InChI is InChI=1S/C24H27FN4O/c1-19(20-7-3-2-4-8-20)29-18-26-17-23(29)24(30)28-15-13-27(14-16-28)12-11-21-9-5-6-10-22(21)25/h2-10,17-19H,11-16H2,1H3/t19-/m1/s1. The molecule has 0 bridgehead atoms. The fraction of sp³-hybridized carbons (Fsp3) is 0.333. The third-order valence-electron chi connectivity index (χ3n) is 5.90. The van der Waals surface area contributed by atoms with Gasteiger partial charge in [-0.05, 0) is 30.5 Å². The van der Waals surface area contributed by atoms with E-state index in [4.69, 9.17) is 0 Å². The van der Waals surface area contributed by atoms with E-state index in [0.29, 0.717) is 25.2 Å². The SMILES string of the molecule is C[C@H](c1ccccc1)n1cncc1C(=O)N1CCN(CCc2ccccc2F)CC1. The van der Waals surface area contributed by atoms with Crippen LogP contribution in [0.3, 0.4) is 0 Å². The normalized spacial score (nSPS) is 15.9. The van der Waals surface area contributed by atoms with E-state index >= 15 is 0 Å². The molecule has 1 fully saturated rings. The second-order valence-corrected chi connectivity index (χ2v) is 7.75. The summed E-state index contributed by atoms with van der Waals surface area (Å²) in [5.41, 5.74) is 2.50. The van der Waals surface area contributed by atoms with Crippen molar-refractivity contribution in [1.82, 2.24) is 19.4 Å². The number of carbonyl (C=O) groups excluding carboxylic acids is 1. The Labute approximate surface area is 176 Å². The Bertz CT molecular complexity index is 980. The van der Waals surface area contributed by atoms with Gasteiger partial charge >= 0.3 is 0 Å². The number of carbonyl (C=O) groups is 1. The summed E-state index contributed by atoms with van der Waals surface area (Å²) in [6, 6.07) is 17.1. The summed E-state index contributed by atoms with van der Waals surface area (Å²) in [5.74, 6) is -0.129. The maximum Gasteiger partial charge on any atom is 0.272 e. The van der Waals surface area contributed by atoms with E-state index in [0.717, 1.165) is 30.8 Å². The lowest BCUT2D eigenvalue weighted by Crippen LogP contribution is -2.49. The van der Waals surface area contributed by atoms with Gasteiger partial charge in [0.2, 0.25) is 0 Å². The molecule has 0 radical (unpaired) electrons. The molecule has 0 aliphatic carbocycles. The van der Waals surface area contributed by atoms with E-state index in [2.05, 4.69) is 28.9 Å². The second-order valence-electron chi connectivity index (χ2n) is 7.75. The molecule has 1 amide bonds. The highest BCUT2D eigenvalue weighted by Crippen LogP contribution is 2.20. The number of imidazole rings is 1. The first-order valence-corrected chi connectivity index (χ1v) is 10.5. The Balaban J connectivity index is 1.35. The summed E-state index contributed by atoms with van der Waals surface area (Å²) in [6.07, 6.45) is 4.07. The highest BCUT2D eigenvalue weighted by Gasteiger charge is 2.25. The quantitative estimate of drug-likeness (QED) is 0.628. The van der Waals surface area contributed by atoms with E-state index in [1.54, 1.807) is 18.6 Å². The summed E-state index contributed by atoms with van der Waals surface area (Å²) in [5, 5.41) is 0.